The van der Waals surface area contributed by atoms with Crippen LogP contribution in [0.25, 0.3) is 10.9 Å². The summed E-state index contributed by atoms with van der Waals surface area (Å²) in [6.07, 6.45) is -7.90. The third kappa shape index (κ3) is 5.62. The summed E-state index contributed by atoms with van der Waals surface area (Å²) in [5, 5.41) is -1.16. The van der Waals surface area contributed by atoms with Crippen molar-refractivity contribution in [2.45, 2.75) is 51.0 Å². The smallest absolute Gasteiger partial charge is 0.205 e. The summed E-state index contributed by atoms with van der Waals surface area (Å²) in [4.78, 5) is 33.0. The molecule has 2 saturated heterocycles. The number of halogens is 6. The Morgan fingerprint density at radius 1 is 1.21 bits per heavy atom. The number of amides is 2. The first kappa shape index (κ1) is 27.4. The van der Waals surface area contributed by atoms with Gasteiger partial charge in [0.25, 0.3) is 0 Å². The number of benzene rings is 2. The number of rotatable bonds is 6. The second-order valence-electron chi connectivity index (χ2n) is 10.0. The van der Waals surface area contributed by atoms with Crippen LogP contribution in [0.4, 0.5) is 33.3 Å². The second-order valence-corrected chi connectivity index (χ2v) is 11.2. The summed E-state index contributed by atoms with van der Waals surface area (Å²) in [6, 6.07) is 3.09. The average Bonchev–Trinajstić information content (AvgIpc) is 3.39. The number of likely N-dealkylation sites (N-methyl/N-ethyl adjacent to an activating group) is 1. The van der Waals surface area contributed by atoms with Crippen molar-refractivity contribution in [3.8, 4) is 0 Å². The predicted molar refractivity (Wildman–Crippen MR) is 148 cm³/mol. The number of alkyl halides is 3. The number of nitrogens with zero attached hydrogens (tertiary/aromatic N) is 3. The molecule has 228 valence electrons. The molecule has 3 atom stereocenters. The maximum atomic E-state index is 15.0. The Kier molecular flexibility index (Phi) is 7.06. The van der Waals surface area contributed by atoms with Gasteiger partial charge in [-0.3, -0.25) is 0 Å². The zero-order valence-corrected chi connectivity index (χ0v) is 24.9. The van der Waals surface area contributed by atoms with Crippen molar-refractivity contribution in [2.24, 2.45) is 0 Å². The molecule has 43 heavy (non-hydrogen) atoms. The van der Waals surface area contributed by atoms with E-state index in [9.17, 15) is 27.2 Å². The van der Waals surface area contributed by atoms with E-state index in [1.165, 1.54) is 26.0 Å². The molecule has 2 aromatic carbocycles. The van der Waals surface area contributed by atoms with Crippen molar-refractivity contribution in [2.75, 3.05) is 23.4 Å². The van der Waals surface area contributed by atoms with Gasteiger partial charge in [0, 0.05) is 10.2 Å². The number of hydrogen-bond donors (Lipinski definition) is 0. The Morgan fingerprint density at radius 3 is 2.58 bits per heavy atom. The number of aromatic nitrogens is 1. The molecule has 3 aromatic rings. The number of fused-ring (bicyclic) bond motifs is 2. The molecule has 0 spiro atoms. The summed E-state index contributed by atoms with van der Waals surface area (Å²) in [5.74, 6) is -6.49. The van der Waals surface area contributed by atoms with E-state index in [2.05, 4.69) is 20.6 Å². The minimum atomic E-state index is -4.91. The monoisotopic (exact) mass is 694 g/mol. The van der Waals surface area contributed by atoms with Crippen LogP contribution in [0.5, 0.6) is 0 Å². The van der Waals surface area contributed by atoms with E-state index < -0.39 is 82.3 Å². The quantitative estimate of drug-likeness (QED) is 0.211. The van der Waals surface area contributed by atoms with Crippen LogP contribution in [0.2, 0.25) is 5.02 Å². The van der Waals surface area contributed by atoms with Crippen LogP contribution in [0.3, 0.4) is 0 Å². The van der Waals surface area contributed by atoms with Gasteiger partial charge in [-0.15, -0.1) is 0 Å². The molecule has 0 radical (unpaired) electrons. The zero-order chi connectivity index (χ0) is 34.1. The normalized spacial score (nSPS) is 22.6. The first-order valence-electron chi connectivity index (χ1n) is 14.1. The van der Waals surface area contributed by atoms with Gasteiger partial charge in [-0.1, -0.05) is 11.6 Å². The van der Waals surface area contributed by atoms with Crippen LogP contribution in [0.1, 0.15) is 36.1 Å². The van der Waals surface area contributed by atoms with Crippen LogP contribution < -0.4 is 9.80 Å². The summed E-state index contributed by atoms with van der Waals surface area (Å²) >= 11 is 8.33. The third-order valence-electron chi connectivity index (χ3n) is 6.76. The van der Waals surface area contributed by atoms with Crippen LogP contribution >= 0.6 is 11.6 Å². The molecular weight excluding hydrogens is 668 g/mol. The van der Waals surface area contributed by atoms with E-state index >= 15 is 4.39 Å². The van der Waals surface area contributed by atoms with E-state index in [4.69, 9.17) is 29.9 Å². The van der Waals surface area contributed by atoms with Crippen molar-refractivity contribution in [3.63, 3.8) is 0 Å². The molecule has 0 bridgehead atoms. The molecule has 0 saturated carbocycles. The first-order chi connectivity index (χ1) is 21.2. The van der Waals surface area contributed by atoms with E-state index in [-0.39, 0.29) is 39.1 Å². The van der Waals surface area contributed by atoms with Crippen molar-refractivity contribution < 1.29 is 49.9 Å². The molecule has 2 aliphatic heterocycles. The Bertz CT molecular complexity index is 1780. The van der Waals surface area contributed by atoms with Crippen molar-refractivity contribution in [3.05, 3.63) is 64.3 Å². The number of pyridine rings is 1. The molecule has 15 heteroatoms. The molecule has 2 fully saturated rings. The maximum absolute atomic E-state index is 15.0. The van der Waals surface area contributed by atoms with Gasteiger partial charge < -0.3 is 0 Å². The Labute approximate surface area is 259 Å². The van der Waals surface area contributed by atoms with Crippen molar-refractivity contribution in [1.82, 2.24) is 4.98 Å². The summed E-state index contributed by atoms with van der Waals surface area (Å²) in [6.45, 7) is 1.23. The third-order valence-corrected chi connectivity index (χ3v) is 7.74. The fourth-order valence-electron chi connectivity index (χ4n) is 5.01. The fraction of sp³-hybridized carbons (Fsp3) is 0.357. The SMILES string of the molecule is [2H]C([2H])([2H])N(C(=O)[C@@H]1[C@@H]2OC(C)(C)O[C@@H]2C(=O)N1c1ccc2nc(C(=[Se])OCC)cc(C(F)(F)F)c2c1)c1cc(Cl)c(F)cc1F. The standard InChI is InChI=1S/C28H23ClF5N3O5Se/c1-5-40-26(43)19-9-14(28(32,33)34)13-8-12(6-7-18(13)35-19)37-21(22-23(25(37)39)42-27(2,3)41-22)24(38)36(4)20-10-15(29)16(30)11-17(20)31/h6-11,21-23H,5H2,1-4H3/t21-,22-,23-/m0/s1/i4D3. The molecule has 0 aliphatic carbocycles. The van der Waals surface area contributed by atoms with E-state index in [1.54, 1.807) is 6.92 Å². The molecule has 0 unspecified atom stereocenters. The molecular formula is C28H23ClF5N3O5Se. The number of anilines is 2. The van der Waals surface area contributed by atoms with Gasteiger partial charge in [0.1, 0.15) is 11.6 Å². The van der Waals surface area contributed by atoms with Crippen LogP contribution in [-0.2, 0) is 30.0 Å². The molecule has 2 aliphatic rings. The first-order valence-corrected chi connectivity index (χ1v) is 13.8. The number of carbonyl (C=O) groups excluding carboxylic acids is 2. The Hall–Kier alpha value is -3.16. The van der Waals surface area contributed by atoms with Gasteiger partial charge in [-0.05, 0) is 19.9 Å². The van der Waals surface area contributed by atoms with Crippen LogP contribution in [0.15, 0.2) is 36.4 Å². The average molecular weight is 694 g/mol. The molecule has 0 N–H and O–H groups in total. The minimum absolute atomic E-state index is 0.0157. The van der Waals surface area contributed by atoms with Crippen LogP contribution in [-0.4, -0.2) is 74.6 Å². The van der Waals surface area contributed by atoms with Gasteiger partial charge >= 0.3 is 192 Å². The Morgan fingerprint density at radius 2 is 1.93 bits per heavy atom. The number of ether oxygens (including phenoxy) is 3. The van der Waals surface area contributed by atoms with Gasteiger partial charge in [0.05, 0.1) is 5.02 Å². The molecule has 1 aromatic heterocycles. The van der Waals surface area contributed by atoms with Gasteiger partial charge in [-0.25, -0.2) is 8.78 Å². The summed E-state index contributed by atoms with van der Waals surface area (Å²) < 4.78 is 113. The number of hydrogen-bond acceptors (Lipinski definition) is 6. The van der Waals surface area contributed by atoms with E-state index in [0.29, 0.717) is 6.07 Å². The fourth-order valence-corrected chi connectivity index (χ4v) is 5.64. The molecule has 8 nitrogen and oxygen atoms in total. The van der Waals surface area contributed by atoms with Gasteiger partial charge in [0.2, 0.25) is 0 Å². The van der Waals surface area contributed by atoms with Gasteiger partial charge in [0.15, 0.2) is 0 Å². The molecule has 5 rings (SSSR count). The topological polar surface area (TPSA) is 81.2 Å². The van der Waals surface area contributed by atoms with Gasteiger partial charge in [-0.2, -0.15) is 0 Å². The Balaban J connectivity index is 1.69. The van der Waals surface area contributed by atoms with Crippen molar-refractivity contribution in [1.29, 1.82) is 0 Å². The van der Waals surface area contributed by atoms with Crippen molar-refractivity contribution >= 4 is 65.9 Å². The van der Waals surface area contributed by atoms with Crippen LogP contribution in [0, 0.1) is 11.6 Å². The zero-order valence-electron chi connectivity index (χ0n) is 25.5. The molecule has 3 heterocycles. The number of carbonyl (C=O) groups is 2. The molecule has 2 amide bonds. The summed E-state index contributed by atoms with van der Waals surface area (Å²) in [7, 11) is 0. The minimum Gasteiger partial charge on any atom is -0.205 e. The predicted octanol–water partition coefficient (Wildman–Crippen LogP) is 4.77. The second kappa shape index (κ2) is 11.1. The van der Waals surface area contributed by atoms with E-state index in [0.717, 1.165) is 17.0 Å². The van der Waals surface area contributed by atoms with E-state index in [1.807, 2.05) is 0 Å². The summed E-state index contributed by atoms with van der Waals surface area (Å²) in [5.41, 5.74) is -2.62.